The molecule has 1 rings (SSSR count). The van der Waals surface area contributed by atoms with Gasteiger partial charge in [0.05, 0.1) is 4.90 Å². The van der Waals surface area contributed by atoms with Crippen LogP contribution in [0.2, 0.25) is 0 Å². The number of aryl methyl sites for hydroxylation is 1. The average Bonchev–Trinajstić information content (AvgIpc) is 2.19. The molecule has 0 aliphatic carbocycles. The SMILES string of the molecule is C=CN(CC)S(=O)(=O)c1ccc(C)cc1. The summed E-state index contributed by atoms with van der Waals surface area (Å²) in [4.78, 5) is 0.301. The third-order valence-corrected chi connectivity index (χ3v) is 4.04. The second-order valence-electron chi connectivity index (χ2n) is 3.20. The highest BCUT2D eigenvalue weighted by molar-refractivity contribution is 7.89. The fourth-order valence-corrected chi connectivity index (χ4v) is 2.53. The standard InChI is InChI=1S/C11H15NO2S/c1-4-12(5-2)15(13,14)11-8-6-10(3)7-9-11/h4,6-9H,1,5H2,2-3H3. The van der Waals surface area contributed by atoms with Gasteiger partial charge in [-0.3, -0.25) is 4.31 Å². The molecule has 0 heterocycles. The van der Waals surface area contributed by atoms with Gasteiger partial charge in [0.1, 0.15) is 0 Å². The highest BCUT2D eigenvalue weighted by Crippen LogP contribution is 2.15. The van der Waals surface area contributed by atoms with E-state index in [0.717, 1.165) is 5.56 Å². The molecule has 15 heavy (non-hydrogen) atoms. The van der Waals surface area contributed by atoms with Crippen molar-refractivity contribution in [2.45, 2.75) is 18.7 Å². The summed E-state index contributed by atoms with van der Waals surface area (Å²) in [5, 5.41) is 0. The molecule has 0 aliphatic heterocycles. The Morgan fingerprint density at radius 2 is 1.87 bits per heavy atom. The lowest BCUT2D eigenvalue weighted by atomic mass is 10.2. The van der Waals surface area contributed by atoms with Crippen LogP contribution in [0.15, 0.2) is 41.9 Å². The lowest BCUT2D eigenvalue weighted by Gasteiger charge is -2.17. The lowest BCUT2D eigenvalue weighted by molar-refractivity contribution is 0.512. The minimum absolute atomic E-state index is 0.301. The second-order valence-corrected chi connectivity index (χ2v) is 5.09. The highest BCUT2D eigenvalue weighted by Gasteiger charge is 2.18. The Hall–Kier alpha value is -1.29. The number of rotatable bonds is 4. The summed E-state index contributed by atoms with van der Waals surface area (Å²) in [6.45, 7) is 7.57. The monoisotopic (exact) mass is 225 g/mol. The van der Waals surface area contributed by atoms with Crippen molar-refractivity contribution in [1.82, 2.24) is 4.31 Å². The van der Waals surface area contributed by atoms with E-state index in [2.05, 4.69) is 6.58 Å². The van der Waals surface area contributed by atoms with Crippen molar-refractivity contribution >= 4 is 10.0 Å². The van der Waals surface area contributed by atoms with Crippen molar-refractivity contribution in [1.29, 1.82) is 0 Å². The van der Waals surface area contributed by atoms with E-state index in [4.69, 9.17) is 0 Å². The van der Waals surface area contributed by atoms with Crippen LogP contribution in [0, 0.1) is 6.92 Å². The van der Waals surface area contributed by atoms with Crippen molar-refractivity contribution in [3.05, 3.63) is 42.6 Å². The Labute approximate surface area is 91.1 Å². The molecule has 0 bridgehead atoms. The van der Waals surface area contributed by atoms with Gasteiger partial charge in [0.25, 0.3) is 10.0 Å². The van der Waals surface area contributed by atoms with Crippen LogP contribution in [-0.2, 0) is 10.0 Å². The van der Waals surface area contributed by atoms with Gasteiger partial charge in [0, 0.05) is 12.7 Å². The third-order valence-electron chi connectivity index (χ3n) is 2.14. The fraction of sp³-hybridized carbons (Fsp3) is 0.273. The number of nitrogens with zero attached hydrogens (tertiary/aromatic N) is 1. The first-order chi connectivity index (χ1) is 7.02. The van der Waals surface area contributed by atoms with Crippen LogP contribution in [0.25, 0.3) is 0 Å². The van der Waals surface area contributed by atoms with Crippen molar-refractivity contribution in [3.8, 4) is 0 Å². The molecule has 1 aromatic rings. The Bertz CT molecular complexity index is 434. The van der Waals surface area contributed by atoms with E-state index < -0.39 is 10.0 Å². The molecule has 0 radical (unpaired) electrons. The second kappa shape index (κ2) is 4.49. The molecular weight excluding hydrogens is 210 g/mol. The van der Waals surface area contributed by atoms with Crippen molar-refractivity contribution in [2.24, 2.45) is 0 Å². The van der Waals surface area contributed by atoms with Gasteiger partial charge in [0.2, 0.25) is 0 Å². The fourth-order valence-electron chi connectivity index (χ4n) is 1.24. The minimum Gasteiger partial charge on any atom is -0.274 e. The molecule has 3 nitrogen and oxygen atoms in total. The third kappa shape index (κ3) is 2.39. The molecule has 0 aliphatic rings. The summed E-state index contributed by atoms with van der Waals surface area (Å²) >= 11 is 0. The van der Waals surface area contributed by atoms with Gasteiger partial charge in [-0.1, -0.05) is 24.3 Å². The summed E-state index contributed by atoms with van der Waals surface area (Å²) in [5.41, 5.74) is 1.04. The quantitative estimate of drug-likeness (QED) is 0.787. The van der Waals surface area contributed by atoms with E-state index in [-0.39, 0.29) is 0 Å². The van der Waals surface area contributed by atoms with Crippen LogP contribution in [0.5, 0.6) is 0 Å². The molecule has 0 unspecified atom stereocenters. The summed E-state index contributed by atoms with van der Waals surface area (Å²) in [7, 11) is -3.40. The zero-order chi connectivity index (χ0) is 11.5. The highest BCUT2D eigenvalue weighted by atomic mass is 32.2. The Morgan fingerprint density at radius 3 is 2.27 bits per heavy atom. The van der Waals surface area contributed by atoms with Crippen LogP contribution in [-0.4, -0.2) is 19.3 Å². The van der Waals surface area contributed by atoms with Crippen LogP contribution in [0.4, 0.5) is 0 Å². The van der Waals surface area contributed by atoms with Gasteiger partial charge in [-0.25, -0.2) is 8.42 Å². The largest absolute Gasteiger partial charge is 0.274 e. The molecule has 0 amide bonds. The summed E-state index contributed by atoms with van der Waals surface area (Å²) in [5.74, 6) is 0. The van der Waals surface area contributed by atoms with Crippen LogP contribution in [0.3, 0.4) is 0 Å². The van der Waals surface area contributed by atoms with Gasteiger partial charge in [0.15, 0.2) is 0 Å². The average molecular weight is 225 g/mol. The molecule has 4 heteroatoms. The summed E-state index contributed by atoms with van der Waals surface area (Å²) < 4.78 is 25.1. The summed E-state index contributed by atoms with van der Waals surface area (Å²) in [6, 6.07) is 6.78. The van der Waals surface area contributed by atoms with Crippen LogP contribution >= 0.6 is 0 Å². The number of hydrogen-bond acceptors (Lipinski definition) is 2. The smallest absolute Gasteiger partial charge is 0.263 e. The Morgan fingerprint density at radius 1 is 1.33 bits per heavy atom. The molecule has 0 N–H and O–H groups in total. The molecule has 1 aromatic carbocycles. The zero-order valence-corrected chi connectivity index (χ0v) is 9.79. The number of hydrogen-bond donors (Lipinski definition) is 0. The first-order valence-corrected chi connectivity index (χ1v) is 6.17. The van der Waals surface area contributed by atoms with Crippen LogP contribution < -0.4 is 0 Å². The maximum atomic E-state index is 12.0. The lowest BCUT2D eigenvalue weighted by Crippen LogP contribution is -2.25. The van der Waals surface area contributed by atoms with Crippen molar-refractivity contribution in [2.75, 3.05) is 6.54 Å². The van der Waals surface area contributed by atoms with E-state index >= 15 is 0 Å². The van der Waals surface area contributed by atoms with E-state index in [9.17, 15) is 8.42 Å². The van der Waals surface area contributed by atoms with Crippen molar-refractivity contribution in [3.63, 3.8) is 0 Å². The molecule has 82 valence electrons. The Balaban J connectivity index is 3.16. The molecule has 0 aromatic heterocycles. The van der Waals surface area contributed by atoms with Gasteiger partial charge in [-0.05, 0) is 26.0 Å². The summed E-state index contributed by atoms with van der Waals surface area (Å²) in [6.07, 6.45) is 1.33. The molecular formula is C11H15NO2S. The molecule has 0 saturated heterocycles. The van der Waals surface area contributed by atoms with Crippen molar-refractivity contribution < 1.29 is 8.42 Å². The first kappa shape index (κ1) is 11.8. The number of benzene rings is 1. The maximum absolute atomic E-state index is 12.0. The van der Waals surface area contributed by atoms with E-state index in [1.54, 1.807) is 31.2 Å². The number of sulfonamides is 1. The van der Waals surface area contributed by atoms with E-state index in [0.29, 0.717) is 11.4 Å². The zero-order valence-electron chi connectivity index (χ0n) is 8.97. The van der Waals surface area contributed by atoms with E-state index in [1.165, 1.54) is 10.5 Å². The maximum Gasteiger partial charge on any atom is 0.263 e. The first-order valence-electron chi connectivity index (χ1n) is 4.73. The van der Waals surface area contributed by atoms with Crippen LogP contribution in [0.1, 0.15) is 12.5 Å². The molecule has 0 saturated carbocycles. The van der Waals surface area contributed by atoms with E-state index in [1.807, 2.05) is 6.92 Å². The predicted octanol–water partition coefficient (Wildman–Crippen LogP) is 2.15. The van der Waals surface area contributed by atoms with Gasteiger partial charge >= 0.3 is 0 Å². The normalized spacial score (nSPS) is 11.1. The molecule has 0 spiro atoms. The topological polar surface area (TPSA) is 37.4 Å². The van der Waals surface area contributed by atoms with Gasteiger partial charge in [-0.15, -0.1) is 0 Å². The molecule has 0 atom stereocenters. The molecule has 0 fully saturated rings. The minimum atomic E-state index is -3.40. The van der Waals surface area contributed by atoms with Gasteiger partial charge < -0.3 is 0 Å². The Kier molecular flexibility index (Phi) is 3.52. The predicted molar refractivity (Wildman–Crippen MR) is 60.9 cm³/mol. The van der Waals surface area contributed by atoms with Gasteiger partial charge in [-0.2, -0.15) is 0 Å².